The van der Waals surface area contributed by atoms with Gasteiger partial charge in [0, 0.05) is 11.5 Å². The number of hydrogen-bond donors (Lipinski definition) is 1. The van der Waals surface area contributed by atoms with Gasteiger partial charge in [-0.05, 0) is 36.7 Å². The number of nitrogens with two attached hydrogens (primary N) is 1. The monoisotopic (exact) mass is 290 g/mol. The van der Waals surface area contributed by atoms with Gasteiger partial charge in [0.15, 0.2) is 0 Å². The lowest BCUT2D eigenvalue weighted by atomic mass is 9.70. The van der Waals surface area contributed by atoms with Crippen LogP contribution < -0.4 is 10.5 Å². The van der Waals surface area contributed by atoms with E-state index in [-0.39, 0.29) is 11.5 Å². The molecule has 3 unspecified atom stereocenters. The molecule has 1 heterocycles. The number of aromatic nitrogens is 1. The zero-order valence-electron chi connectivity index (χ0n) is 12.3. The summed E-state index contributed by atoms with van der Waals surface area (Å²) in [4.78, 5) is 4.72. The Morgan fingerprint density at radius 2 is 2.15 bits per heavy atom. The fourth-order valence-electron chi connectivity index (χ4n) is 4.07. The molecule has 2 aliphatic rings. The summed E-state index contributed by atoms with van der Waals surface area (Å²) in [6, 6.07) is 5.61. The zero-order valence-corrected chi connectivity index (χ0v) is 13.2. The van der Waals surface area contributed by atoms with Gasteiger partial charge in [0.1, 0.15) is 16.8 Å². The van der Waals surface area contributed by atoms with Crippen LogP contribution in [-0.4, -0.2) is 16.1 Å². The number of ether oxygens (including phenoxy) is 1. The maximum Gasteiger partial charge on any atom is 0.214 e. The van der Waals surface area contributed by atoms with E-state index in [1.54, 1.807) is 0 Å². The number of pyridine rings is 1. The molecule has 0 radical (unpaired) electrons. The van der Waals surface area contributed by atoms with E-state index in [9.17, 15) is 0 Å². The second-order valence-electron chi connectivity index (χ2n) is 6.94. The molecular weight excluding hydrogens is 268 g/mol. The minimum Gasteiger partial charge on any atom is -0.474 e. The van der Waals surface area contributed by atoms with Gasteiger partial charge >= 0.3 is 0 Å². The quantitative estimate of drug-likeness (QED) is 0.868. The van der Waals surface area contributed by atoms with Crippen molar-refractivity contribution in [1.82, 2.24) is 4.98 Å². The SMILES string of the molecule is CC1(C)C2CCC1(C)C(Oc1cccc(C(N)=S)n1)C2. The van der Waals surface area contributed by atoms with Crippen LogP contribution in [-0.2, 0) is 0 Å². The summed E-state index contributed by atoms with van der Waals surface area (Å²) in [6.45, 7) is 7.13. The average molecular weight is 290 g/mol. The van der Waals surface area contributed by atoms with Crippen molar-refractivity contribution in [3.63, 3.8) is 0 Å². The van der Waals surface area contributed by atoms with Crippen LogP contribution in [0.25, 0.3) is 0 Å². The standard InChI is InChI=1S/C16H22N2OS/c1-15(2)10-7-8-16(15,3)12(9-10)19-13-6-4-5-11(18-13)14(17)20/h4-6,10,12H,7-9H2,1-3H3,(H2,17,20). The van der Waals surface area contributed by atoms with Crippen LogP contribution in [0.2, 0.25) is 0 Å². The van der Waals surface area contributed by atoms with Crippen molar-refractivity contribution in [3.05, 3.63) is 23.9 Å². The molecule has 0 aromatic carbocycles. The molecule has 20 heavy (non-hydrogen) atoms. The minimum atomic E-state index is 0.235. The molecule has 1 aromatic rings. The van der Waals surface area contributed by atoms with Gasteiger partial charge in [-0.15, -0.1) is 0 Å². The van der Waals surface area contributed by atoms with Crippen molar-refractivity contribution in [1.29, 1.82) is 0 Å². The van der Waals surface area contributed by atoms with E-state index < -0.39 is 0 Å². The average Bonchev–Trinajstić information content (AvgIpc) is 2.72. The Morgan fingerprint density at radius 3 is 2.70 bits per heavy atom. The van der Waals surface area contributed by atoms with Gasteiger partial charge in [-0.2, -0.15) is 0 Å². The third kappa shape index (κ3) is 1.85. The Morgan fingerprint density at radius 1 is 1.40 bits per heavy atom. The largest absolute Gasteiger partial charge is 0.474 e. The molecule has 4 heteroatoms. The zero-order chi connectivity index (χ0) is 14.5. The third-order valence-electron chi connectivity index (χ3n) is 5.95. The van der Waals surface area contributed by atoms with Crippen molar-refractivity contribution in [3.8, 4) is 5.88 Å². The predicted octanol–water partition coefficient (Wildman–Crippen LogP) is 3.31. The molecule has 108 valence electrons. The number of fused-ring (bicyclic) bond motifs is 2. The van der Waals surface area contributed by atoms with Crippen LogP contribution in [0, 0.1) is 16.7 Å². The van der Waals surface area contributed by atoms with Gasteiger partial charge in [-0.1, -0.05) is 39.1 Å². The van der Waals surface area contributed by atoms with Crippen LogP contribution >= 0.6 is 12.2 Å². The van der Waals surface area contributed by atoms with E-state index in [1.807, 2.05) is 18.2 Å². The van der Waals surface area contributed by atoms with E-state index in [4.69, 9.17) is 22.7 Å². The predicted molar refractivity (Wildman–Crippen MR) is 83.8 cm³/mol. The Bertz CT molecular complexity index is 557. The Kier molecular flexibility index (Phi) is 3.05. The van der Waals surface area contributed by atoms with E-state index in [2.05, 4.69) is 25.8 Å². The van der Waals surface area contributed by atoms with Crippen LogP contribution in [0.15, 0.2) is 18.2 Å². The Balaban J connectivity index is 1.83. The highest BCUT2D eigenvalue weighted by Crippen LogP contribution is 2.66. The minimum absolute atomic E-state index is 0.235. The summed E-state index contributed by atoms with van der Waals surface area (Å²) in [5.74, 6) is 1.40. The maximum atomic E-state index is 6.21. The number of nitrogens with zero attached hydrogens (tertiary/aromatic N) is 1. The number of hydrogen-bond acceptors (Lipinski definition) is 3. The van der Waals surface area contributed by atoms with Crippen LogP contribution in [0.3, 0.4) is 0 Å². The maximum absolute atomic E-state index is 6.21. The van der Waals surface area contributed by atoms with Crippen LogP contribution in [0.4, 0.5) is 0 Å². The van der Waals surface area contributed by atoms with Crippen LogP contribution in [0.5, 0.6) is 5.88 Å². The van der Waals surface area contributed by atoms with Gasteiger partial charge in [-0.3, -0.25) is 0 Å². The van der Waals surface area contributed by atoms with E-state index >= 15 is 0 Å². The van der Waals surface area contributed by atoms with Crippen molar-refractivity contribution >= 4 is 17.2 Å². The molecule has 2 N–H and O–H groups in total. The summed E-state index contributed by atoms with van der Waals surface area (Å²) in [5.41, 5.74) is 6.84. The third-order valence-corrected chi connectivity index (χ3v) is 6.16. The number of thiocarbonyl (C=S) groups is 1. The highest BCUT2D eigenvalue weighted by molar-refractivity contribution is 7.80. The summed E-state index contributed by atoms with van der Waals surface area (Å²) in [7, 11) is 0. The van der Waals surface area contributed by atoms with Crippen molar-refractivity contribution in [2.45, 2.75) is 46.1 Å². The molecule has 0 aliphatic heterocycles. The van der Waals surface area contributed by atoms with E-state index in [1.165, 1.54) is 12.8 Å². The van der Waals surface area contributed by atoms with Crippen LogP contribution in [0.1, 0.15) is 45.7 Å². The fraction of sp³-hybridized carbons (Fsp3) is 0.625. The van der Waals surface area contributed by atoms with Gasteiger partial charge in [-0.25, -0.2) is 4.98 Å². The van der Waals surface area contributed by atoms with Crippen molar-refractivity contribution < 1.29 is 4.74 Å². The molecule has 0 saturated heterocycles. The first-order chi connectivity index (χ1) is 9.34. The van der Waals surface area contributed by atoms with E-state index in [0.717, 1.165) is 12.3 Å². The van der Waals surface area contributed by atoms with Gasteiger partial charge in [0.2, 0.25) is 5.88 Å². The molecule has 3 rings (SSSR count). The van der Waals surface area contributed by atoms with Crippen molar-refractivity contribution in [2.75, 3.05) is 0 Å². The highest BCUT2D eigenvalue weighted by atomic mass is 32.1. The summed E-state index contributed by atoms with van der Waals surface area (Å²) in [5, 5.41) is 0. The topological polar surface area (TPSA) is 48.1 Å². The molecule has 3 atom stereocenters. The smallest absolute Gasteiger partial charge is 0.214 e. The lowest BCUT2D eigenvalue weighted by Crippen LogP contribution is -2.39. The lowest BCUT2D eigenvalue weighted by Gasteiger charge is -2.38. The van der Waals surface area contributed by atoms with Gasteiger partial charge in [0.25, 0.3) is 0 Å². The molecule has 3 nitrogen and oxygen atoms in total. The first-order valence-electron chi connectivity index (χ1n) is 7.28. The Labute approximate surface area is 125 Å². The first kappa shape index (κ1) is 13.8. The molecule has 2 saturated carbocycles. The summed E-state index contributed by atoms with van der Waals surface area (Å²) < 4.78 is 6.21. The normalized spacial score (nSPS) is 34.1. The van der Waals surface area contributed by atoms with Gasteiger partial charge < -0.3 is 10.5 Å². The second-order valence-corrected chi connectivity index (χ2v) is 7.38. The summed E-state index contributed by atoms with van der Waals surface area (Å²) >= 11 is 4.98. The number of rotatable bonds is 3. The molecule has 2 bridgehead atoms. The molecule has 0 amide bonds. The van der Waals surface area contributed by atoms with E-state index in [0.29, 0.717) is 22.0 Å². The molecule has 2 fully saturated rings. The molecule has 0 spiro atoms. The summed E-state index contributed by atoms with van der Waals surface area (Å²) in [6.07, 6.45) is 3.93. The molecule has 2 aliphatic carbocycles. The Hall–Kier alpha value is -1.16. The second kappa shape index (κ2) is 4.42. The highest BCUT2D eigenvalue weighted by Gasteiger charge is 2.62. The van der Waals surface area contributed by atoms with Crippen molar-refractivity contribution in [2.24, 2.45) is 22.5 Å². The molecule has 1 aromatic heterocycles. The molecular formula is C16H22N2OS. The fourth-order valence-corrected chi connectivity index (χ4v) is 4.19. The lowest BCUT2D eigenvalue weighted by molar-refractivity contribution is 0.0273. The van der Waals surface area contributed by atoms with Gasteiger partial charge in [0.05, 0.1) is 0 Å². The first-order valence-corrected chi connectivity index (χ1v) is 7.69.